The molecule has 5 nitrogen and oxygen atoms in total. The summed E-state index contributed by atoms with van der Waals surface area (Å²) in [6.07, 6.45) is 5.83. The highest BCUT2D eigenvalue weighted by Crippen LogP contribution is 2.32. The fourth-order valence-corrected chi connectivity index (χ4v) is 4.14. The third-order valence-electron chi connectivity index (χ3n) is 5.83. The van der Waals surface area contributed by atoms with Crippen molar-refractivity contribution < 1.29 is 13.6 Å². The van der Waals surface area contributed by atoms with Crippen molar-refractivity contribution in [3.63, 3.8) is 0 Å². The van der Waals surface area contributed by atoms with E-state index in [1.165, 1.54) is 6.42 Å². The van der Waals surface area contributed by atoms with Crippen LogP contribution in [-0.2, 0) is 11.2 Å². The molecular formula is C22H25NO4. The van der Waals surface area contributed by atoms with Crippen LogP contribution in [0.25, 0.3) is 21.9 Å². The van der Waals surface area contributed by atoms with Crippen molar-refractivity contribution in [2.45, 2.75) is 52.9 Å². The smallest absolute Gasteiger partial charge is 0.339 e. The van der Waals surface area contributed by atoms with Crippen molar-refractivity contribution in [1.29, 1.82) is 0 Å². The molecule has 0 bridgehead atoms. The van der Waals surface area contributed by atoms with E-state index in [4.69, 9.17) is 8.83 Å². The van der Waals surface area contributed by atoms with Gasteiger partial charge in [0.25, 0.3) is 0 Å². The monoisotopic (exact) mass is 367 g/mol. The van der Waals surface area contributed by atoms with E-state index in [1.54, 1.807) is 6.26 Å². The second-order valence-electron chi connectivity index (χ2n) is 7.61. The average molecular weight is 367 g/mol. The first kappa shape index (κ1) is 17.8. The number of hydrogen-bond donors (Lipinski definition) is 0. The quantitative estimate of drug-likeness (QED) is 0.643. The highest BCUT2D eigenvalue weighted by molar-refractivity contribution is 5.99. The van der Waals surface area contributed by atoms with Gasteiger partial charge < -0.3 is 13.7 Å². The number of aryl methyl sites for hydroxylation is 3. The molecular weight excluding hydrogens is 342 g/mol. The standard InChI is InChI=1S/C22H25NO4/c1-13-12-26-20-15(3)21-18(11-17(13)20)14(2)16(22(25)27-21)7-8-19(24)23-9-5-4-6-10-23/h11-12H,4-10H2,1-3H3. The molecule has 0 aliphatic carbocycles. The van der Waals surface area contributed by atoms with Crippen LogP contribution < -0.4 is 5.63 Å². The fourth-order valence-electron chi connectivity index (χ4n) is 4.14. The number of likely N-dealkylation sites (tertiary alicyclic amines) is 1. The summed E-state index contributed by atoms with van der Waals surface area (Å²) in [4.78, 5) is 27.0. The molecule has 1 aliphatic heterocycles. The van der Waals surface area contributed by atoms with Gasteiger partial charge in [-0.25, -0.2) is 4.79 Å². The van der Waals surface area contributed by atoms with Gasteiger partial charge in [-0.3, -0.25) is 4.79 Å². The summed E-state index contributed by atoms with van der Waals surface area (Å²) in [5.74, 6) is 0.130. The Kier molecular flexibility index (Phi) is 4.54. The van der Waals surface area contributed by atoms with Crippen LogP contribution in [0.15, 0.2) is 26.0 Å². The minimum Gasteiger partial charge on any atom is -0.464 e. The van der Waals surface area contributed by atoms with E-state index in [0.717, 1.165) is 59.0 Å². The minimum absolute atomic E-state index is 0.130. The highest BCUT2D eigenvalue weighted by Gasteiger charge is 2.20. The summed E-state index contributed by atoms with van der Waals surface area (Å²) in [7, 11) is 0. The van der Waals surface area contributed by atoms with Crippen LogP contribution in [0.1, 0.15) is 47.9 Å². The van der Waals surface area contributed by atoms with Crippen molar-refractivity contribution >= 4 is 27.8 Å². The van der Waals surface area contributed by atoms with Gasteiger partial charge in [-0.2, -0.15) is 0 Å². The zero-order valence-corrected chi connectivity index (χ0v) is 16.2. The van der Waals surface area contributed by atoms with Crippen molar-refractivity contribution in [2.75, 3.05) is 13.1 Å². The molecule has 3 aromatic rings. The summed E-state index contributed by atoms with van der Waals surface area (Å²) in [6.45, 7) is 7.53. The lowest BCUT2D eigenvalue weighted by Gasteiger charge is -2.26. The maximum atomic E-state index is 12.6. The molecule has 1 amide bonds. The topological polar surface area (TPSA) is 63.7 Å². The van der Waals surface area contributed by atoms with Crippen LogP contribution in [0, 0.1) is 20.8 Å². The van der Waals surface area contributed by atoms with Gasteiger partial charge in [0.1, 0.15) is 11.2 Å². The number of benzene rings is 1. The molecule has 1 fully saturated rings. The minimum atomic E-state index is -0.350. The van der Waals surface area contributed by atoms with Gasteiger partial charge in [-0.05, 0) is 63.6 Å². The number of hydrogen-bond acceptors (Lipinski definition) is 4. The zero-order valence-electron chi connectivity index (χ0n) is 16.2. The lowest BCUT2D eigenvalue weighted by atomic mass is 9.98. The van der Waals surface area contributed by atoms with Gasteiger partial charge in [-0.15, -0.1) is 0 Å². The van der Waals surface area contributed by atoms with Crippen LogP contribution >= 0.6 is 0 Å². The fraction of sp³-hybridized carbons (Fsp3) is 0.455. The zero-order chi connectivity index (χ0) is 19.1. The Morgan fingerprint density at radius 3 is 2.52 bits per heavy atom. The molecule has 0 atom stereocenters. The van der Waals surface area contributed by atoms with E-state index in [9.17, 15) is 9.59 Å². The molecule has 27 heavy (non-hydrogen) atoms. The summed E-state index contributed by atoms with van der Waals surface area (Å²) < 4.78 is 11.3. The Morgan fingerprint density at radius 2 is 1.78 bits per heavy atom. The molecule has 0 radical (unpaired) electrons. The maximum absolute atomic E-state index is 12.6. The number of rotatable bonds is 3. The van der Waals surface area contributed by atoms with Gasteiger partial charge in [0.2, 0.25) is 5.91 Å². The Balaban J connectivity index is 1.70. The van der Waals surface area contributed by atoms with Crippen molar-refractivity contribution in [3.05, 3.63) is 45.0 Å². The highest BCUT2D eigenvalue weighted by atomic mass is 16.4. The van der Waals surface area contributed by atoms with Crippen LogP contribution in [0.5, 0.6) is 0 Å². The molecule has 3 heterocycles. The SMILES string of the molecule is Cc1coc2c(C)c3oc(=O)c(CCC(=O)N4CCCCC4)c(C)c3cc12. The van der Waals surface area contributed by atoms with Crippen LogP contribution in [-0.4, -0.2) is 23.9 Å². The summed E-state index contributed by atoms with van der Waals surface area (Å²) in [6, 6.07) is 2.03. The van der Waals surface area contributed by atoms with E-state index < -0.39 is 0 Å². The van der Waals surface area contributed by atoms with Gasteiger partial charge in [0.15, 0.2) is 0 Å². The number of carbonyl (C=O) groups excluding carboxylic acids is 1. The third kappa shape index (κ3) is 3.05. The Hall–Kier alpha value is -2.56. The summed E-state index contributed by atoms with van der Waals surface area (Å²) in [5, 5.41) is 1.96. The third-order valence-corrected chi connectivity index (χ3v) is 5.83. The number of carbonyl (C=O) groups is 1. The van der Waals surface area contributed by atoms with Gasteiger partial charge in [0.05, 0.1) is 6.26 Å². The van der Waals surface area contributed by atoms with E-state index in [2.05, 4.69) is 0 Å². The predicted molar refractivity (Wildman–Crippen MR) is 105 cm³/mol. The molecule has 0 saturated carbocycles. The number of furan rings is 1. The molecule has 0 N–H and O–H groups in total. The molecule has 0 spiro atoms. The Labute approximate surface area is 157 Å². The molecule has 1 saturated heterocycles. The lowest BCUT2D eigenvalue weighted by Crippen LogP contribution is -2.35. The molecule has 0 unspecified atom stereocenters. The first-order chi connectivity index (χ1) is 13.0. The number of fused-ring (bicyclic) bond motifs is 2. The molecule has 4 rings (SSSR count). The van der Waals surface area contributed by atoms with E-state index in [1.807, 2.05) is 31.7 Å². The lowest BCUT2D eigenvalue weighted by molar-refractivity contribution is -0.132. The Bertz CT molecular complexity index is 1080. The van der Waals surface area contributed by atoms with Gasteiger partial charge in [0, 0.05) is 41.4 Å². The van der Waals surface area contributed by atoms with Crippen molar-refractivity contribution in [3.8, 4) is 0 Å². The van der Waals surface area contributed by atoms with Gasteiger partial charge in [-0.1, -0.05) is 0 Å². The molecule has 5 heteroatoms. The first-order valence-electron chi connectivity index (χ1n) is 9.69. The van der Waals surface area contributed by atoms with Crippen LogP contribution in [0.4, 0.5) is 0 Å². The molecule has 1 aliphatic rings. The Morgan fingerprint density at radius 1 is 1.04 bits per heavy atom. The maximum Gasteiger partial charge on any atom is 0.339 e. The number of amides is 1. The second-order valence-corrected chi connectivity index (χ2v) is 7.61. The second kappa shape index (κ2) is 6.87. The average Bonchev–Trinajstić information content (AvgIpc) is 3.04. The van der Waals surface area contributed by atoms with Crippen molar-refractivity contribution in [1.82, 2.24) is 4.90 Å². The molecule has 2 aromatic heterocycles. The summed E-state index contributed by atoms with van der Waals surface area (Å²) >= 11 is 0. The first-order valence-corrected chi connectivity index (χ1v) is 9.69. The van der Waals surface area contributed by atoms with Gasteiger partial charge >= 0.3 is 5.63 Å². The van der Waals surface area contributed by atoms with Crippen LogP contribution in [0.2, 0.25) is 0 Å². The number of piperidine rings is 1. The van der Waals surface area contributed by atoms with Crippen LogP contribution in [0.3, 0.4) is 0 Å². The molecule has 142 valence electrons. The summed E-state index contributed by atoms with van der Waals surface area (Å²) in [5.41, 5.74) is 4.39. The largest absolute Gasteiger partial charge is 0.464 e. The molecule has 1 aromatic carbocycles. The normalized spacial score (nSPS) is 15.0. The predicted octanol–water partition coefficient (Wildman–Crippen LogP) is 4.41. The van der Waals surface area contributed by atoms with E-state index in [0.29, 0.717) is 24.0 Å². The number of nitrogens with zero attached hydrogens (tertiary/aromatic N) is 1. The van der Waals surface area contributed by atoms with E-state index >= 15 is 0 Å². The van der Waals surface area contributed by atoms with Crippen molar-refractivity contribution in [2.24, 2.45) is 0 Å². The van der Waals surface area contributed by atoms with E-state index in [-0.39, 0.29) is 11.5 Å².